The minimum atomic E-state index is -0.0591. The number of nitrogens with one attached hydrogen (secondary N) is 1. The van der Waals surface area contributed by atoms with E-state index in [-0.39, 0.29) is 11.8 Å². The summed E-state index contributed by atoms with van der Waals surface area (Å²) >= 11 is 0. The van der Waals surface area contributed by atoms with Crippen molar-refractivity contribution in [2.45, 2.75) is 18.9 Å². The van der Waals surface area contributed by atoms with Gasteiger partial charge in [-0.15, -0.1) is 0 Å². The third-order valence-electron chi connectivity index (χ3n) is 3.88. The molecule has 2 aromatic rings. The summed E-state index contributed by atoms with van der Waals surface area (Å²) in [6.45, 7) is 1.39. The molecule has 21 heavy (non-hydrogen) atoms. The Morgan fingerprint density at radius 2 is 2.10 bits per heavy atom. The van der Waals surface area contributed by atoms with Crippen LogP contribution < -0.4 is 5.32 Å². The number of likely N-dealkylation sites (N-methyl/N-ethyl adjacent to an activating group) is 1. The van der Waals surface area contributed by atoms with Crippen LogP contribution in [0.15, 0.2) is 48.7 Å². The predicted molar refractivity (Wildman–Crippen MR) is 83.0 cm³/mol. The summed E-state index contributed by atoms with van der Waals surface area (Å²) in [6, 6.07) is 13.8. The first-order valence-corrected chi connectivity index (χ1v) is 7.23. The number of para-hydroxylation sites is 1. The summed E-state index contributed by atoms with van der Waals surface area (Å²) < 4.78 is 0. The maximum Gasteiger partial charge on any atom is 0.230 e. The lowest BCUT2D eigenvalue weighted by Crippen LogP contribution is -2.34. The number of benzene rings is 1. The Bertz CT molecular complexity index is 627. The molecule has 108 valence electrons. The Kier molecular flexibility index (Phi) is 3.86. The minimum absolute atomic E-state index is 0.0591. The fraction of sp³-hybridized carbons (Fsp3) is 0.294. The van der Waals surface area contributed by atoms with Crippen molar-refractivity contribution in [3.63, 3.8) is 0 Å². The Morgan fingerprint density at radius 3 is 2.90 bits per heavy atom. The molecule has 4 heteroatoms. The van der Waals surface area contributed by atoms with Crippen LogP contribution in [0, 0.1) is 0 Å². The highest BCUT2D eigenvalue weighted by Gasteiger charge is 2.28. The van der Waals surface area contributed by atoms with Gasteiger partial charge in [0.05, 0.1) is 18.2 Å². The smallest absolute Gasteiger partial charge is 0.230 e. The molecule has 3 rings (SSSR count). The van der Waals surface area contributed by atoms with Gasteiger partial charge in [-0.25, -0.2) is 0 Å². The molecule has 1 aromatic heterocycles. The third-order valence-corrected chi connectivity index (χ3v) is 3.88. The van der Waals surface area contributed by atoms with Crippen molar-refractivity contribution < 1.29 is 4.79 Å². The van der Waals surface area contributed by atoms with Crippen LogP contribution in [-0.2, 0) is 11.3 Å². The maximum absolute atomic E-state index is 12.7. The molecule has 0 aliphatic carbocycles. The fourth-order valence-corrected chi connectivity index (χ4v) is 2.80. The van der Waals surface area contributed by atoms with Gasteiger partial charge in [-0.2, -0.15) is 0 Å². The second-order valence-electron chi connectivity index (χ2n) is 5.37. The number of fused-ring (bicyclic) bond motifs is 1. The predicted octanol–water partition coefficient (Wildman–Crippen LogP) is 2.64. The number of nitrogens with zero attached hydrogens (tertiary/aromatic N) is 2. The molecule has 0 saturated heterocycles. The number of hydrogen-bond acceptors (Lipinski definition) is 3. The van der Waals surface area contributed by atoms with Crippen LogP contribution >= 0.6 is 0 Å². The van der Waals surface area contributed by atoms with Crippen LogP contribution in [0.5, 0.6) is 0 Å². The Balaban J connectivity index is 1.77. The SMILES string of the molecule is CN(Cc1ccccn1)C(=O)C1CCNc2ccccc21. The van der Waals surface area contributed by atoms with Gasteiger partial charge in [-0.1, -0.05) is 24.3 Å². The van der Waals surface area contributed by atoms with Crippen molar-refractivity contribution in [1.82, 2.24) is 9.88 Å². The van der Waals surface area contributed by atoms with Crippen molar-refractivity contribution in [1.29, 1.82) is 0 Å². The Labute approximate surface area is 124 Å². The zero-order chi connectivity index (χ0) is 14.7. The van der Waals surface area contributed by atoms with E-state index in [9.17, 15) is 4.79 Å². The molecule has 4 nitrogen and oxygen atoms in total. The largest absolute Gasteiger partial charge is 0.385 e. The number of pyridine rings is 1. The van der Waals surface area contributed by atoms with Crippen molar-refractivity contribution in [2.24, 2.45) is 0 Å². The van der Waals surface area contributed by atoms with Crippen LogP contribution in [0.1, 0.15) is 23.6 Å². The highest BCUT2D eigenvalue weighted by atomic mass is 16.2. The molecule has 0 bridgehead atoms. The van der Waals surface area contributed by atoms with Gasteiger partial charge in [0, 0.05) is 25.5 Å². The molecule has 1 aliphatic heterocycles. The molecule has 0 spiro atoms. The molecule has 0 radical (unpaired) electrons. The number of amides is 1. The molecule has 1 aliphatic rings. The number of anilines is 1. The van der Waals surface area contributed by atoms with E-state index in [1.807, 2.05) is 49.5 Å². The van der Waals surface area contributed by atoms with Crippen LogP contribution in [0.25, 0.3) is 0 Å². The second-order valence-corrected chi connectivity index (χ2v) is 5.37. The monoisotopic (exact) mass is 281 g/mol. The molecule has 0 saturated carbocycles. The summed E-state index contributed by atoms with van der Waals surface area (Å²) in [6.07, 6.45) is 2.59. The number of carbonyl (C=O) groups is 1. The number of hydrogen-bond donors (Lipinski definition) is 1. The highest BCUT2D eigenvalue weighted by Crippen LogP contribution is 2.32. The maximum atomic E-state index is 12.7. The molecular weight excluding hydrogens is 262 g/mol. The van der Waals surface area contributed by atoms with E-state index in [1.165, 1.54) is 0 Å². The second kappa shape index (κ2) is 5.95. The Hall–Kier alpha value is -2.36. The van der Waals surface area contributed by atoms with E-state index in [0.29, 0.717) is 6.54 Å². The molecule has 1 aromatic carbocycles. The fourth-order valence-electron chi connectivity index (χ4n) is 2.80. The summed E-state index contributed by atoms with van der Waals surface area (Å²) in [4.78, 5) is 18.8. The first-order valence-electron chi connectivity index (χ1n) is 7.23. The summed E-state index contributed by atoms with van der Waals surface area (Å²) in [7, 11) is 1.85. The van der Waals surface area contributed by atoms with Crippen LogP contribution in [0.2, 0.25) is 0 Å². The van der Waals surface area contributed by atoms with Crippen molar-refractivity contribution in [3.05, 3.63) is 59.9 Å². The average Bonchev–Trinajstić information content (AvgIpc) is 2.54. The van der Waals surface area contributed by atoms with E-state index < -0.39 is 0 Å². The van der Waals surface area contributed by atoms with E-state index in [1.54, 1.807) is 11.1 Å². The summed E-state index contributed by atoms with van der Waals surface area (Å²) in [5, 5.41) is 3.35. The van der Waals surface area contributed by atoms with Crippen molar-refractivity contribution in [2.75, 3.05) is 18.9 Å². The van der Waals surface area contributed by atoms with Gasteiger partial charge < -0.3 is 10.2 Å². The van der Waals surface area contributed by atoms with Crippen LogP contribution in [0.3, 0.4) is 0 Å². The molecule has 1 N–H and O–H groups in total. The van der Waals surface area contributed by atoms with Gasteiger partial charge in [0.1, 0.15) is 0 Å². The lowest BCUT2D eigenvalue weighted by molar-refractivity contribution is -0.132. The highest BCUT2D eigenvalue weighted by molar-refractivity contribution is 5.86. The molecular formula is C17H19N3O. The van der Waals surface area contributed by atoms with Gasteiger partial charge in [-0.05, 0) is 30.2 Å². The third kappa shape index (κ3) is 2.89. The van der Waals surface area contributed by atoms with Gasteiger partial charge in [0.2, 0.25) is 5.91 Å². The zero-order valence-corrected chi connectivity index (χ0v) is 12.1. The van der Waals surface area contributed by atoms with E-state index in [0.717, 1.165) is 29.9 Å². The van der Waals surface area contributed by atoms with E-state index in [2.05, 4.69) is 10.3 Å². The van der Waals surface area contributed by atoms with E-state index in [4.69, 9.17) is 0 Å². The van der Waals surface area contributed by atoms with Gasteiger partial charge in [0.25, 0.3) is 0 Å². The number of aromatic nitrogens is 1. The van der Waals surface area contributed by atoms with Crippen LogP contribution in [0.4, 0.5) is 5.69 Å². The average molecular weight is 281 g/mol. The van der Waals surface area contributed by atoms with Gasteiger partial charge >= 0.3 is 0 Å². The van der Waals surface area contributed by atoms with Crippen molar-refractivity contribution >= 4 is 11.6 Å². The molecule has 1 atom stereocenters. The first-order chi connectivity index (χ1) is 10.3. The van der Waals surface area contributed by atoms with E-state index >= 15 is 0 Å². The number of carbonyl (C=O) groups excluding carboxylic acids is 1. The molecule has 1 unspecified atom stereocenters. The number of rotatable bonds is 3. The lowest BCUT2D eigenvalue weighted by atomic mass is 9.90. The normalized spacial score (nSPS) is 16.7. The zero-order valence-electron chi connectivity index (χ0n) is 12.1. The molecule has 0 fully saturated rings. The topological polar surface area (TPSA) is 45.2 Å². The molecule has 1 amide bonds. The van der Waals surface area contributed by atoms with Crippen LogP contribution in [-0.4, -0.2) is 29.4 Å². The lowest BCUT2D eigenvalue weighted by Gasteiger charge is -2.29. The first kappa shape index (κ1) is 13.6. The molecule has 2 heterocycles. The van der Waals surface area contributed by atoms with Gasteiger partial charge in [-0.3, -0.25) is 9.78 Å². The summed E-state index contributed by atoms with van der Waals surface area (Å²) in [5.74, 6) is 0.103. The summed E-state index contributed by atoms with van der Waals surface area (Å²) in [5.41, 5.74) is 3.09. The van der Waals surface area contributed by atoms with Gasteiger partial charge in [0.15, 0.2) is 0 Å². The quantitative estimate of drug-likeness (QED) is 0.940. The standard InChI is InChI=1S/C17H19N3O/c1-20(12-13-6-4-5-10-18-13)17(21)15-9-11-19-16-8-3-2-7-14(15)16/h2-8,10,15,19H,9,11-12H2,1H3. The van der Waals surface area contributed by atoms with Crippen molar-refractivity contribution in [3.8, 4) is 0 Å². The Morgan fingerprint density at radius 1 is 1.29 bits per heavy atom. The minimum Gasteiger partial charge on any atom is -0.385 e.